The normalized spacial score (nSPS) is 15.4. The first-order valence-electron chi connectivity index (χ1n) is 7.16. The van der Waals surface area contributed by atoms with Gasteiger partial charge in [-0.1, -0.05) is 6.07 Å². The Labute approximate surface area is 147 Å². The molecule has 0 spiro atoms. The smallest absolute Gasteiger partial charge is 0.266 e. The second-order valence-corrected chi connectivity index (χ2v) is 8.68. The molecule has 0 bridgehead atoms. The first-order valence-corrected chi connectivity index (χ1v) is 10.4. The molecule has 1 amide bonds. The quantitative estimate of drug-likeness (QED) is 0.703. The predicted octanol–water partition coefficient (Wildman–Crippen LogP) is 0.593. The second kappa shape index (κ2) is 7.57. The number of anilines is 1. The Hall–Kier alpha value is -1.53. The number of ether oxygens (including phenoxy) is 1. The summed E-state index contributed by atoms with van der Waals surface area (Å²) in [5.41, 5.74) is 2.82. The summed E-state index contributed by atoms with van der Waals surface area (Å²) >= 11 is 2.54. The molecule has 1 saturated heterocycles. The van der Waals surface area contributed by atoms with Crippen molar-refractivity contribution in [3.05, 3.63) is 28.6 Å². The number of nitrogens with one attached hydrogen (secondary N) is 2. The average molecular weight is 388 g/mol. The van der Waals surface area contributed by atoms with Gasteiger partial charge in [0.05, 0.1) is 25.3 Å². The third kappa shape index (κ3) is 4.30. The van der Waals surface area contributed by atoms with Crippen molar-refractivity contribution in [3.63, 3.8) is 0 Å². The van der Waals surface area contributed by atoms with Crippen LogP contribution in [0, 0.1) is 0 Å². The summed E-state index contributed by atoms with van der Waals surface area (Å²) in [5.74, 6) is -0.464. The van der Waals surface area contributed by atoms with Crippen molar-refractivity contribution in [1.29, 1.82) is 0 Å². The Morgan fingerprint density at radius 2 is 2.12 bits per heavy atom. The van der Waals surface area contributed by atoms with E-state index in [4.69, 9.17) is 4.74 Å². The van der Waals surface area contributed by atoms with Gasteiger partial charge in [0.1, 0.15) is 4.21 Å². The fourth-order valence-electron chi connectivity index (χ4n) is 2.08. The van der Waals surface area contributed by atoms with Crippen LogP contribution in [0.25, 0.3) is 0 Å². The van der Waals surface area contributed by atoms with Crippen molar-refractivity contribution in [3.8, 4) is 0 Å². The number of hydrogen-bond acceptors (Lipinski definition) is 8. The maximum atomic E-state index is 11.9. The number of hydrogen-bond donors (Lipinski definition) is 2. The molecule has 24 heavy (non-hydrogen) atoms. The van der Waals surface area contributed by atoms with Crippen molar-refractivity contribution >= 4 is 43.7 Å². The molecule has 2 N–H and O–H groups in total. The molecule has 0 radical (unpaired) electrons. The molecule has 130 valence electrons. The highest BCUT2D eigenvalue weighted by Gasteiger charge is 2.18. The molecule has 1 fully saturated rings. The van der Waals surface area contributed by atoms with Crippen LogP contribution in [0.5, 0.6) is 0 Å². The zero-order valence-electron chi connectivity index (χ0n) is 12.6. The molecule has 2 aromatic heterocycles. The molecule has 2 aromatic rings. The molecule has 3 rings (SSSR count). The van der Waals surface area contributed by atoms with E-state index in [2.05, 4.69) is 20.1 Å². The topological polar surface area (TPSA) is 101 Å². The van der Waals surface area contributed by atoms with Crippen LogP contribution in [0.4, 0.5) is 5.13 Å². The first kappa shape index (κ1) is 17.3. The van der Waals surface area contributed by atoms with Gasteiger partial charge in [0.2, 0.25) is 5.91 Å². The van der Waals surface area contributed by atoms with Gasteiger partial charge in [-0.3, -0.25) is 10.2 Å². The van der Waals surface area contributed by atoms with E-state index in [0.29, 0.717) is 18.9 Å². The van der Waals surface area contributed by atoms with Crippen LogP contribution in [0.1, 0.15) is 5.69 Å². The zero-order valence-corrected chi connectivity index (χ0v) is 15.0. The third-order valence-electron chi connectivity index (χ3n) is 3.25. The Kier molecular flexibility index (Phi) is 5.46. The van der Waals surface area contributed by atoms with E-state index >= 15 is 0 Å². The minimum atomic E-state index is -3.72. The van der Waals surface area contributed by atoms with Crippen molar-refractivity contribution in [2.45, 2.75) is 10.6 Å². The molecule has 1 aliphatic rings. The lowest BCUT2D eigenvalue weighted by atomic mass is 10.3. The highest BCUT2D eigenvalue weighted by atomic mass is 32.2. The molecule has 0 atom stereocenters. The number of rotatable bonds is 6. The molecule has 8 nitrogen and oxygen atoms in total. The summed E-state index contributed by atoms with van der Waals surface area (Å²) in [6, 6.07) is 3.09. The van der Waals surface area contributed by atoms with Gasteiger partial charge < -0.3 is 9.64 Å². The monoisotopic (exact) mass is 388 g/mol. The number of sulfonamides is 1. The Bertz CT molecular complexity index is 782. The highest BCUT2D eigenvalue weighted by Crippen LogP contribution is 2.21. The van der Waals surface area contributed by atoms with Crippen molar-refractivity contribution in [2.24, 2.45) is 0 Å². The number of carbonyl (C=O) groups is 1. The predicted molar refractivity (Wildman–Crippen MR) is 91.6 cm³/mol. The summed E-state index contributed by atoms with van der Waals surface area (Å²) in [4.78, 5) is 20.5. The SMILES string of the molecule is O=C(Cc1csc(N2CCOCC2)n1)NNS(=O)(=O)c1cccs1. The standard InChI is InChI=1S/C13H16N4O4S3/c18-11(15-16-24(19,20)12-2-1-7-22-12)8-10-9-23-13(14-10)17-3-5-21-6-4-17/h1-2,7,9,16H,3-6,8H2,(H,15,18). The molecule has 0 unspecified atom stereocenters. The number of hydrazine groups is 1. The van der Waals surface area contributed by atoms with Gasteiger partial charge >= 0.3 is 0 Å². The van der Waals surface area contributed by atoms with Crippen LogP contribution in [-0.4, -0.2) is 45.6 Å². The highest BCUT2D eigenvalue weighted by molar-refractivity contribution is 7.91. The lowest BCUT2D eigenvalue weighted by molar-refractivity contribution is -0.120. The molecule has 3 heterocycles. The number of thiazole rings is 1. The summed E-state index contributed by atoms with van der Waals surface area (Å²) in [6.07, 6.45) is 0.00774. The van der Waals surface area contributed by atoms with Crippen molar-refractivity contribution in [1.82, 2.24) is 15.2 Å². The van der Waals surface area contributed by atoms with E-state index < -0.39 is 15.9 Å². The van der Waals surface area contributed by atoms with Crippen LogP contribution in [0.2, 0.25) is 0 Å². The number of nitrogens with zero attached hydrogens (tertiary/aromatic N) is 2. The van der Waals surface area contributed by atoms with E-state index in [0.717, 1.165) is 29.6 Å². The molecular formula is C13H16N4O4S3. The number of thiophene rings is 1. The molecule has 11 heteroatoms. The summed E-state index contributed by atoms with van der Waals surface area (Å²) in [6.45, 7) is 2.89. The lowest BCUT2D eigenvalue weighted by Gasteiger charge is -2.26. The first-order chi connectivity index (χ1) is 11.5. The minimum Gasteiger partial charge on any atom is -0.378 e. The summed E-state index contributed by atoms with van der Waals surface area (Å²) < 4.78 is 29.3. The van der Waals surface area contributed by atoms with Crippen LogP contribution in [-0.2, 0) is 26.0 Å². The fourth-order valence-corrected chi connectivity index (χ4v) is 4.81. The van der Waals surface area contributed by atoms with E-state index in [1.54, 1.807) is 16.8 Å². The Morgan fingerprint density at radius 1 is 1.33 bits per heavy atom. The number of morpholine rings is 1. The van der Waals surface area contributed by atoms with Gasteiger partial charge in [0.25, 0.3) is 10.0 Å². The Balaban J connectivity index is 1.53. The number of amides is 1. The van der Waals surface area contributed by atoms with Gasteiger partial charge in [-0.2, -0.15) is 0 Å². The molecule has 1 aliphatic heterocycles. The van der Waals surface area contributed by atoms with Gasteiger partial charge in [-0.05, 0) is 11.4 Å². The third-order valence-corrected chi connectivity index (χ3v) is 6.84. The van der Waals surface area contributed by atoms with Gasteiger partial charge in [-0.25, -0.2) is 13.4 Å². The second-order valence-electron chi connectivity index (χ2n) is 4.98. The van der Waals surface area contributed by atoms with Gasteiger partial charge in [-0.15, -0.1) is 27.5 Å². The molecule has 0 aliphatic carbocycles. The van der Waals surface area contributed by atoms with Crippen LogP contribution >= 0.6 is 22.7 Å². The van der Waals surface area contributed by atoms with Crippen LogP contribution in [0.3, 0.4) is 0 Å². The summed E-state index contributed by atoms with van der Waals surface area (Å²) in [5, 5.41) is 4.30. The van der Waals surface area contributed by atoms with Crippen LogP contribution < -0.4 is 15.2 Å². The minimum absolute atomic E-state index is 0.00774. The molecular weight excluding hydrogens is 372 g/mol. The zero-order chi connectivity index (χ0) is 17.0. The summed E-state index contributed by atoms with van der Waals surface area (Å²) in [7, 11) is -3.72. The maximum absolute atomic E-state index is 11.9. The molecule has 0 saturated carbocycles. The van der Waals surface area contributed by atoms with E-state index in [1.165, 1.54) is 17.4 Å². The fraction of sp³-hybridized carbons (Fsp3) is 0.385. The van der Waals surface area contributed by atoms with Gasteiger partial charge in [0, 0.05) is 18.5 Å². The lowest BCUT2D eigenvalue weighted by Crippen LogP contribution is -2.42. The number of aromatic nitrogens is 1. The van der Waals surface area contributed by atoms with Crippen molar-refractivity contribution in [2.75, 3.05) is 31.2 Å². The molecule has 0 aromatic carbocycles. The van der Waals surface area contributed by atoms with E-state index in [-0.39, 0.29) is 10.6 Å². The van der Waals surface area contributed by atoms with Gasteiger partial charge in [0.15, 0.2) is 5.13 Å². The van der Waals surface area contributed by atoms with E-state index in [9.17, 15) is 13.2 Å². The van der Waals surface area contributed by atoms with E-state index in [1.807, 2.05) is 0 Å². The van der Waals surface area contributed by atoms with Crippen molar-refractivity contribution < 1.29 is 17.9 Å². The average Bonchev–Trinajstić information content (AvgIpc) is 3.26. The number of carbonyl (C=O) groups excluding carboxylic acids is 1. The largest absolute Gasteiger partial charge is 0.378 e. The van der Waals surface area contributed by atoms with Crippen LogP contribution in [0.15, 0.2) is 27.1 Å². The Morgan fingerprint density at radius 3 is 2.83 bits per heavy atom. The maximum Gasteiger partial charge on any atom is 0.266 e.